The van der Waals surface area contributed by atoms with E-state index >= 15 is 0 Å². The van der Waals surface area contributed by atoms with E-state index in [-0.39, 0.29) is 5.91 Å². The molecule has 0 bridgehead atoms. The van der Waals surface area contributed by atoms with E-state index in [1.54, 1.807) is 12.1 Å². The second-order valence-corrected chi connectivity index (χ2v) is 7.80. The van der Waals surface area contributed by atoms with E-state index in [9.17, 15) is 4.79 Å². The monoisotopic (exact) mass is 446 g/mol. The average Bonchev–Trinajstić information content (AvgIpc) is 3.32. The molecule has 0 unspecified atom stereocenters. The van der Waals surface area contributed by atoms with Crippen molar-refractivity contribution in [1.82, 2.24) is 9.97 Å². The number of fused-ring (bicyclic) bond motifs is 1. The fraction of sp³-hybridized carbons (Fsp3) is 0. The van der Waals surface area contributed by atoms with Crippen molar-refractivity contribution in [2.24, 2.45) is 0 Å². The van der Waals surface area contributed by atoms with Gasteiger partial charge in [0.1, 0.15) is 5.82 Å². The van der Waals surface area contributed by atoms with E-state index in [2.05, 4.69) is 20.8 Å². The summed E-state index contributed by atoms with van der Waals surface area (Å²) in [4.78, 5) is 21.1. The average molecular weight is 447 g/mol. The first-order valence-electron chi connectivity index (χ1n) is 10.8. The topological polar surface area (TPSA) is 90.0 Å². The van der Waals surface area contributed by atoms with Gasteiger partial charge in [0.15, 0.2) is 0 Å². The number of nitrogens with zero attached hydrogens (tertiary/aromatic N) is 1. The van der Waals surface area contributed by atoms with E-state index in [0.29, 0.717) is 22.8 Å². The van der Waals surface area contributed by atoms with Crippen LogP contribution in [0.25, 0.3) is 34.1 Å². The zero-order chi connectivity index (χ0) is 23.3. The highest BCUT2D eigenvalue weighted by atomic mass is 16.5. The maximum absolute atomic E-state index is 13.2. The van der Waals surface area contributed by atoms with E-state index in [0.717, 1.165) is 27.7 Å². The Morgan fingerprint density at radius 1 is 0.824 bits per heavy atom. The number of carbonyl (C=O) groups excluding carboxylic acids is 1. The van der Waals surface area contributed by atoms with Crippen molar-refractivity contribution in [3.05, 3.63) is 114 Å². The normalized spacial score (nSPS) is 11.4. The maximum Gasteiger partial charge on any atom is 0.256 e. The van der Waals surface area contributed by atoms with Gasteiger partial charge in [-0.3, -0.25) is 15.5 Å². The molecule has 4 aromatic carbocycles. The number of carbonyl (C=O) groups is 1. The molecule has 34 heavy (non-hydrogen) atoms. The second-order valence-electron chi connectivity index (χ2n) is 7.80. The highest BCUT2D eigenvalue weighted by Crippen LogP contribution is 2.25. The lowest BCUT2D eigenvalue weighted by Gasteiger charge is -2.10. The van der Waals surface area contributed by atoms with E-state index in [1.807, 2.05) is 97.1 Å². The van der Waals surface area contributed by atoms with Gasteiger partial charge in [-0.1, -0.05) is 60.7 Å². The third kappa shape index (κ3) is 4.57. The van der Waals surface area contributed by atoms with Gasteiger partial charge in [0, 0.05) is 16.8 Å². The lowest BCUT2D eigenvalue weighted by Crippen LogP contribution is -2.13. The lowest BCUT2D eigenvalue weighted by molar-refractivity contribution is -0.111. The summed E-state index contributed by atoms with van der Waals surface area (Å²) in [6.07, 6.45) is 1.89. The van der Waals surface area contributed by atoms with Gasteiger partial charge in [-0.05, 0) is 59.7 Å². The minimum absolute atomic E-state index is 0.185. The summed E-state index contributed by atoms with van der Waals surface area (Å²) in [5.74, 6) is 0.521. The Bertz CT molecular complexity index is 1460. The number of rotatable bonds is 6. The molecule has 166 valence electrons. The first-order chi connectivity index (χ1) is 16.7. The summed E-state index contributed by atoms with van der Waals surface area (Å²) in [5, 5.41) is 12.1. The Morgan fingerprint density at radius 3 is 2.21 bits per heavy atom. The summed E-state index contributed by atoms with van der Waals surface area (Å²) >= 11 is 0. The fourth-order valence-electron chi connectivity index (χ4n) is 3.74. The van der Waals surface area contributed by atoms with Gasteiger partial charge in [0.25, 0.3) is 5.91 Å². The van der Waals surface area contributed by atoms with Crippen LogP contribution in [0.15, 0.2) is 103 Å². The number of aromatic amines is 1. The Morgan fingerprint density at radius 2 is 1.50 bits per heavy atom. The molecule has 1 heterocycles. The number of nitrogens with one attached hydrogen (secondary N) is 3. The van der Waals surface area contributed by atoms with Gasteiger partial charge in [-0.25, -0.2) is 4.98 Å². The van der Waals surface area contributed by atoms with Gasteiger partial charge in [0.05, 0.1) is 16.7 Å². The zero-order valence-corrected chi connectivity index (χ0v) is 18.2. The Kier molecular flexibility index (Phi) is 5.88. The zero-order valence-electron chi connectivity index (χ0n) is 18.2. The van der Waals surface area contributed by atoms with Gasteiger partial charge in [-0.15, -0.1) is 0 Å². The molecule has 0 aliphatic heterocycles. The molecule has 4 N–H and O–H groups in total. The van der Waals surface area contributed by atoms with Crippen molar-refractivity contribution >= 4 is 40.0 Å². The smallest absolute Gasteiger partial charge is 0.256 e. The Hall–Kier alpha value is -4.68. The fourth-order valence-corrected chi connectivity index (χ4v) is 3.74. The summed E-state index contributed by atoms with van der Waals surface area (Å²) in [7, 11) is 0. The number of aromatic nitrogens is 2. The molecule has 0 radical (unpaired) electrons. The molecule has 0 fully saturated rings. The Labute approximate surface area is 196 Å². The maximum atomic E-state index is 13.2. The van der Waals surface area contributed by atoms with E-state index in [4.69, 9.17) is 5.21 Å². The van der Waals surface area contributed by atoms with Crippen molar-refractivity contribution < 1.29 is 10.0 Å². The minimum Gasteiger partial charge on any atom is -0.338 e. The Balaban J connectivity index is 1.39. The number of hydrogen-bond donors (Lipinski definition) is 4. The molecule has 5 aromatic rings. The molecule has 0 spiro atoms. The quantitative estimate of drug-likeness (QED) is 0.142. The van der Waals surface area contributed by atoms with Crippen LogP contribution in [-0.4, -0.2) is 21.1 Å². The SMILES string of the molecule is O=C(Nc1ccc(-c2nc3ccc(NO)cc3[nH]2)cc1)/C(=C/c1ccccc1)c1ccccc1. The largest absolute Gasteiger partial charge is 0.338 e. The number of hydrogen-bond acceptors (Lipinski definition) is 4. The number of amides is 1. The molecule has 6 nitrogen and oxygen atoms in total. The first kappa shape index (κ1) is 21.2. The molecule has 6 heteroatoms. The van der Waals surface area contributed by atoms with E-state index < -0.39 is 0 Å². The highest BCUT2D eigenvalue weighted by Gasteiger charge is 2.13. The third-order valence-corrected chi connectivity index (χ3v) is 5.47. The van der Waals surface area contributed by atoms with Gasteiger partial charge in [-0.2, -0.15) is 0 Å². The summed E-state index contributed by atoms with van der Waals surface area (Å²) in [5.41, 5.74) is 8.28. The van der Waals surface area contributed by atoms with Crippen LogP contribution >= 0.6 is 0 Å². The highest BCUT2D eigenvalue weighted by molar-refractivity contribution is 6.29. The minimum atomic E-state index is -0.185. The molecule has 0 saturated carbocycles. The first-order valence-corrected chi connectivity index (χ1v) is 10.8. The molecular weight excluding hydrogens is 424 g/mol. The van der Waals surface area contributed by atoms with E-state index in [1.165, 1.54) is 0 Å². The predicted octanol–water partition coefficient (Wildman–Crippen LogP) is 6.21. The van der Waals surface area contributed by atoms with Crippen LogP contribution in [0.2, 0.25) is 0 Å². The van der Waals surface area contributed by atoms with Crippen molar-refractivity contribution in [3.8, 4) is 11.4 Å². The van der Waals surface area contributed by atoms with Crippen molar-refractivity contribution in [2.75, 3.05) is 10.8 Å². The van der Waals surface area contributed by atoms with Crippen LogP contribution in [-0.2, 0) is 4.79 Å². The molecule has 0 saturated heterocycles. The number of benzene rings is 4. The molecule has 0 aliphatic rings. The van der Waals surface area contributed by atoms with Crippen molar-refractivity contribution in [2.45, 2.75) is 0 Å². The lowest BCUT2D eigenvalue weighted by atomic mass is 10.0. The van der Waals surface area contributed by atoms with Crippen LogP contribution in [0, 0.1) is 0 Å². The van der Waals surface area contributed by atoms with Crippen molar-refractivity contribution in [3.63, 3.8) is 0 Å². The van der Waals surface area contributed by atoms with Crippen LogP contribution < -0.4 is 10.8 Å². The van der Waals surface area contributed by atoms with Crippen LogP contribution in [0.3, 0.4) is 0 Å². The number of anilines is 2. The third-order valence-electron chi connectivity index (χ3n) is 5.47. The van der Waals surface area contributed by atoms with Crippen LogP contribution in [0.1, 0.15) is 11.1 Å². The van der Waals surface area contributed by atoms with Crippen LogP contribution in [0.4, 0.5) is 11.4 Å². The predicted molar refractivity (Wildman–Crippen MR) is 136 cm³/mol. The molecule has 5 rings (SSSR count). The molecular formula is C28H22N4O2. The molecule has 1 amide bonds. The summed E-state index contributed by atoms with van der Waals surface area (Å²) in [6, 6.07) is 32.3. The van der Waals surface area contributed by atoms with Gasteiger partial charge in [0.2, 0.25) is 0 Å². The molecule has 0 atom stereocenters. The molecule has 1 aromatic heterocycles. The number of H-pyrrole nitrogens is 1. The van der Waals surface area contributed by atoms with Crippen molar-refractivity contribution in [1.29, 1.82) is 0 Å². The number of imidazole rings is 1. The van der Waals surface area contributed by atoms with Gasteiger partial charge >= 0.3 is 0 Å². The standard InChI is InChI=1S/C28H22N4O2/c33-28(24(20-9-5-2-6-10-20)17-19-7-3-1-4-8-19)29-22-13-11-21(12-14-22)27-30-25-16-15-23(32-34)18-26(25)31-27/h1-18,32,34H,(H,29,33)(H,30,31)/b24-17+. The summed E-state index contributed by atoms with van der Waals surface area (Å²) < 4.78 is 0. The van der Waals surface area contributed by atoms with Crippen LogP contribution in [0.5, 0.6) is 0 Å². The van der Waals surface area contributed by atoms with Gasteiger partial charge < -0.3 is 10.3 Å². The summed E-state index contributed by atoms with van der Waals surface area (Å²) in [6.45, 7) is 0. The molecule has 0 aliphatic carbocycles. The second kappa shape index (κ2) is 9.44.